The molecule has 4 heteroatoms. The third-order valence-electron chi connectivity index (χ3n) is 2.39. The maximum Gasteiger partial charge on any atom is 0.119 e. The Balaban J connectivity index is 2.40. The van der Waals surface area contributed by atoms with Crippen molar-refractivity contribution in [1.29, 1.82) is 0 Å². The topological polar surface area (TPSA) is 41.5 Å². The molecule has 3 nitrogen and oxygen atoms in total. The van der Waals surface area contributed by atoms with Crippen LogP contribution in [0.15, 0.2) is 24.3 Å². The van der Waals surface area contributed by atoms with E-state index in [9.17, 15) is 0 Å². The third-order valence-corrected chi connectivity index (χ3v) is 3.93. The van der Waals surface area contributed by atoms with Crippen molar-refractivity contribution in [3.8, 4) is 5.75 Å². The SMILES string of the molecule is CC(CSC(C)(C)C)Nc1ccc(OCCO)cc1. The first-order chi connectivity index (χ1) is 8.90. The quantitative estimate of drug-likeness (QED) is 0.805. The molecule has 1 atom stereocenters. The molecule has 0 radical (unpaired) electrons. The molecule has 0 spiro atoms. The molecule has 1 aromatic rings. The number of hydrogen-bond donors (Lipinski definition) is 2. The van der Waals surface area contributed by atoms with Crippen molar-refractivity contribution in [2.24, 2.45) is 0 Å². The average Bonchev–Trinajstić information content (AvgIpc) is 2.35. The van der Waals surface area contributed by atoms with E-state index >= 15 is 0 Å². The van der Waals surface area contributed by atoms with E-state index in [-0.39, 0.29) is 6.61 Å². The van der Waals surface area contributed by atoms with Crippen LogP contribution in [0.2, 0.25) is 0 Å². The van der Waals surface area contributed by atoms with E-state index in [0.29, 0.717) is 17.4 Å². The fraction of sp³-hybridized carbons (Fsp3) is 0.600. The second kappa shape index (κ2) is 7.65. The first-order valence-electron chi connectivity index (χ1n) is 6.65. The van der Waals surface area contributed by atoms with E-state index in [1.165, 1.54) is 0 Å². The first-order valence-corrected chi connectivity index (χ1v) is 7.63. The molecular formula is C15H25NO2S. The fourth-order valence-corrected chi connectivity index (χ4v) is 2.35. The minimum atomic E-state index is 0.0427. The number of aliphatic hydroxyl groups excluding tert-OH is 1. The largest absolute Gasteiger partial charge is 0.491 e. The molecule has 0 aliphatic carbocycles. The van der Waals surface area contributed by atoms with Crippen LogP contribution >= 0.6 is 11.8 Å². The Kier molecular flexibility index (Phi) is 6.52. The summed E-state index contributed by atoms with van der Waals surface area (Å²) in [6.07, 6.45) is 0. The van der Waals surface area contributed by atoms with E-state index in [1.54, 1.807) is 0 Å². The number of benzene rings is 1. The summed E-state index contributed by atoms with van der Waals surface area (Å²) in [5.74, 6) is 1.86. The van der Waals surface area contributed by atoms with Crippen LogP contribution in [-0.4, -0.2) is 34.9 Å². The number of rotatable bonds is 7. The zero-order chi connectivity index (χ0) is 14.3. The van der Waals surface area contributed by atoms with E-state index in [2.05, 4.69) is 33.0 Å². The molecule has 0 aliphatic heterocycles. The van der Waals surface area contributed by atoms with E-state index in [4.69, 9.17) is 9.84 Å². The van der Waals surface area contributed by atoms with Crippen molar-refractivity contribution in [1.82, 2.24) is 0 Å². The maximum absolute atomic E-state index is 8.69. The van der Waals surface area contributed by atoms with Gasteiger partial charge in [-0.3, -0.25) is 0 Å². The van der Waals surface area contributed by atoms with Gasteiger partial charge in [-0.05, 0) is 31.2 Å². The number of anilines is 1. The minimum absolute atomic E-state index is 0.0427. The summed E-state index contributed by atoms with van der Waals surface area (Å²) in [6, 6.07) is 8.27. The zero-order valence-corrected chi connectivity index (χ0v) is 13.1. The predicted molar refractivity (Wildman–Crippen MR) is 84.3 cm³/mol. The number of thioether (sulfide) groups is 1. The summed E-state index contributed by atoms with van der Waals surface area (Å²) >= 11 is 1.96. The van der Waals surface area contributed by atoms with Crippen LogP contribution in [0.3, 0.4) is 0 Å². The van der Waals surface area contributed by atoms with E-state index < -0.39 is 0 Å². The number of nitrogens with one attached hydrogen (secondary N) is 1. The second-order valence-electron chi connectivity index (χ2n) is 5.57. The summed E-state index contributed by atoms with van der Waals surface area (Å²) in [7, 11) is 0. The molecule has 1 rings (SSSR count). The van der Waals surface area contributed by atoms with Gasteiger partial charge in [0.2, 0.25) is 0 Å². The summed E-state index contributed by atoms with van der Waals surface area (Å²) in [5.41, 5.74) is 1.10. The van der Waals surface area contributed by atoms with Crippen LogP contribution in [0.25, 0.3) is 0 Å². The van der Waals surface area contributed by atoms with Gasteiger partial charge in [-0.2, -0.15) is 11.8 Å². The van der Waals surface area contributed by atoms with Crippen LogP contribution in [-0.2, 0) is 0 Å². The number of aliphatic hydroxyl groups is 1. The van der Waals surface area contributed by atoms with Gasteiger partial charge in [-0.15, -0.1) is 0 Å². The molecule has 0 aliphatic rings. The highest BCUT2D eigenvalue weighted by Crippen LogP contribution is 2.25. The smallest absolute Gasteiger partial charge is 0.119 e. The lowest BCUT2D eigenvalue weighted by molar-refractivity contribution is 0.201. The van der Waals surface area contributed by atoms with Gasteiger partial charge in [0.05, 0.1) is 6.61 Å². The Morgan fingerprint density at radius 3 is 2.42 bits per heavy atom. The summed E-state index contributed by atoms with van der Waals surface area (Å²) < 4.78 is 5.63. The lowest BCUT2D eigenvalue weighted by Crippen LogP contribution is -2.21. The number of hydrogen-bond acceptors (Lipinski definition) is 4. The molecule has 1 aromatic carbocycles. The van der Waals surface area contributed by atoms with Gasteiger partial charge in [0.25, 0.3) is 0 Å². The molecule has 0 amide bonds. The van der Waals surface area contributed by atoms with Crippen LogP contribution in [0.1, 0.15) is 27.7 Å². The van der Waals surface area contributed by atoms with Crippen molar-refractivity contribution in [3.63, 3.8) is 0 Å². The highest BCUT2D eigenvalue weighted by molar-refractivity contribution is 8.00. The van der Waals surface area contributed by atoms with Crippen LogP contribution < -0.4 is 10.1 Å². The Bertz CT molecular complexity index is 359. The molecule has 108 valence electrons. The Hall–Kier alpha value is -0.870. The average molecular weight is 283 g/mol. The maximum atomic E-state index is 8.69. The minimum Gasteiger partial charge on any atom is -0.491 e. The highest BCUT2D eigenvalue weighted by atomic mass is 32.2. The van der Waals surface area contributed by atoms with Gasteiger partial charge in [-0.25, -0.2) is 0 Å². The molecule has 0 heterocycles. The van der Waals surface area contributed by atoms with Crippen molar-refractivity contribution < 1.29 is 9.84 Å². The molecule has 0 aromatic heterocycles. The molecule has 19 heavy (non-hydrogen) atoms. The Morgan fingerprint density at radius 2 is 1.89 bits per heavy atom. The Morgan fingerprint density at radius 1 is 1.26 bits per heavy atom. The standard InChI is InChI=1S/C15H25NO2S/c1-12(11-19-15(2,3)4)16-13-5-7-14(8-6-13)18-10-9-17/h5-8,12,16-17H,9-11H2,1-4H3. The molecule has 0 bridgehead atoms. The zero-order valence-electron chi connectivity index (χ0n) is 12.3. The molecule has 1 unspecified atom stereocenters. The van der Waals surface area contributed by atoms with Crippen LogP contribution in [0, 0.1) is 0 Å². The summed E-state index contributed by atoms with van der Waals surface area (Å²) in [6.45, 7) is 9.27. The van der Waals surface area contributed by atoms with Crippen molar-refractivity contribution in [2.75, 3.05) is 24.3 Å². The first kappa shape index (κ1) is 16.2. The monoisotopic (exact) mass is 283 g/mol. The molecule has 2 N–H and O–H groups in total. The van der Waals surface area contributed by atoms with Gasteiger partial charge < -0.3 is 15.2 Å². The predicted octanol–water partition coefficient (Wildman–Crippen LogP) is 3.39. The van der Waals surface area contributed by atoms with Gasteiger partial charge in [-0.1, -0.05) is 20.8 Å². The summed E-state index contributed by atoms with van der Waals surface area (Å²) in [4.78, 5) is 0. The van der Waals surface area contributed by atoms with Crippen LogP contribution in [0.4, 0.5) is 5.69 Å². The van der Waals surface area contributed by atoms with E-state index in [0.717, 1.165) is 17.2 Å². The van der Waals surface area contributed by atoms with Gasteiger partial charge >= 0.3 is 0 Å². The lowest BCUT2D eigenvalue weighted by Gasteiger charge is -2.22. The van der Waals surface area contributed by atoms with Crippen molar-refractivity contribution >= 4 is 17.4 Å². The molecular weight excluding hydrogens is 258 g/mol. The lowest BCUT2D eigenvalue weighted by atomic mass is 10.2. The fourth-order valence-electron chi connectivity index (χ4n) is 1.51. The Labute approximate surface area is 120 Å². The van der Waals surface area contributed by atoms with Gasteiger partial charge in [0.1, 0.15) is 12.4 Å². The van der Waals surface area contributed by atoms with Crippen LogP contribution in [0.5, 0.6) is 5.75 Å². The van der Waals surface area contributed by atoms with Crippen molar-refractivity contribution in [2.45, 2.75) is 38.5 Å². The second-order valence-corrected chi connectivity index (χ2v) is 7.41. The normalized spacial score (nSPS) is 13.1. The van der Waals surface area contributed by atoms with Gasteiger partial charge in [0.15, 0.2) is 0 Å². The van der Waals surface area contributed by atoms with Crippen molar-refractivity contribution in [3.05, 3.63) is 24.3 Å². The molecule has 0 fully saturated rings. The number of ether oxygens (including phenoxy) is 1. The highest BCUT2D eigenvalue weighted by Gasteiger charge is 2.12. The summed E-state index contributed by atoms with van der Waals surface area (Å²) in [5, 5.41) is 12.2. The molecule has 0 saturated heterocycles. The van der Waals surface area contributed by atoms with E-state index in [1.807, 2.05) is 36.0 Å². The third kappa shape index (κ3) is 7.33. The molecule has 0 saturated carbocycles. The van der Waals surface area contributed by atoms with Gasteiger partial charge in [0, 0.05) is 22.2 Å².